The van der Waals surface area contributed by atoms with Crippen molar-refractivity contribution in [1.29, 1.82) is 0 Å². The number of benzene rings is 2. The highest BCUT2D eigenvalue weighted by Gasteiger charge is 2.30. The van der Waals surface area contributed by atoms with Crippen LogP contribution in [0.4, 0.5) is 4.39 Å². The largest absolute Gasteiger partial charge is 0.508 e. The Hall–Kier alpha value is -2.93. The molecule has 164 valence electrons. The Morgan fingerprint density at radius 3 is 2.13 bits per heavy atom. The van der Waals surface area contributed by atoms with E-state index in [0.29, 0.717) is 13.0 Å². The van der Waals surface area contributed by atoms with E-state index in [-0.39, 0.29) is 23.9 Å². The zero-order valence-corrected chi connectivity index (χ0v) is 18.0. The molecule has 5 N–H and O–H groups in total. The highest BCUT2D eigenvalue weighted by atomic mass is 19.1. The number of hydrogen-bond acceptors (Lipinski definition) is 4. The lowest BCUT2D eigenvalue weighted by molar-refractivity contribution is -0.132. The number of hydrogen-bond donors (Lipinski definition) is 4. The lowest BCUT2D eigenvalue weighted by atomic mass is 10.0. The van der Waals surface area contributed by atoms with Crippen LogP contribution in [0, 0.1) is 5.82 Å². The first-order valence-corrected chi connectivity index (χ1v) is 10.1. The highest BCUT2D eigenvalue weighted by Crippen LogP contribution is 2.10. The number of nitrogens with two attached hydrogens (primary N) is 1. The Morgan fingerprint density at radius 1 is 1.03 bits per heavy atom. The molecular weight excluding hydrogens is 385 g/mol. The number of aromatic hydroxyl groups is 1. The van der Waals surface area contributed by atoms with Gasteiger partial charge in [-0.05, 0) is 62.1 Å². The summed E-state index contributed by atoms with van der Waals surface area (Å²) in [6, 6.07) is 11.7. The van der Waals surface area contributed by atoms with Crippen LogP contribution in [0.2, 0.25) is 0 Å². The van der Waals surface area contributed by atoms with Crippen molar-refractivity contribution in [3.8, 4) is 5.75 Å². The van der Waals surface area contributed by atoms with E-state index in [1.54, 1.807) is 50.2 Å². The molecule has 6 nitrogen and oxygen atoms in total. The van der Waals surface area contributed by atoms with E-state index >= 15 is 0 Å². The molecule has 0 saturated heterocycles. The van der Waals surface area contributed by atoms with Crippen LogP contribution < -0.4 is 16.4 Å². The fraction of sp³-hybridized carbons (Fsp3) is 0.391. The van der Waals surface area contributed by atoms with Crippen molar-refractivity contribution in [3.05, 3.63) is 65.5 Å². The van der Waals surface area contributed by atoms with Gasteiger partial charge in [0.25, 0.3) is 0 Å². The number of phenolic OH excluding ortho intramolecular Hbond substituents is 1. The molecule has 0 fully saturated rings. The molecule has 0 spiro atoms. The van der Waals surface area contributed by atoms with E-state index in [4.69, 9.17) is 5.73 Å². The molecule has 0 aliphatic carbocycles. The molecule has 0 heterocycles. The molecule has 2 aromatic carbocycles. The van der Waals surface area contributed by atoms with E-state index < -0.39 is 17.5 Å². The monoisotopic (exact) mass is 417 g/mol. The van der Waals surface area contributed by atoms with Gasteiger partial charge in [-0.3, -0.25) is 9.59 Å². The molecule has 2 aromatic rings. The average molecular weight is 418 g/mol. The summed E-state index contributed by atoms with van der Waals surface area (Å²) in [6.07, 6.45) is 0.838. The summed E-state index contributed by atoms with van der Waals surface area (Å²) >= 11 is 0. The third kappa shape index (κ3) is 8.21. The van der Waals surface area contributed by atoms with Crippen molar-refractivity contribution in [1.82, 2.24) is 10.6 Å². The normalized spacial score (nSPS) is 11.7. The lowest BCUT2D eigenvalue weighted by Crippen LogP contribution is -2.58. The Morgan fingerprint density at radius 2 is 1.57 bits per heavy atom. The fourth-order valence-electron chi connectivity index (χ4n) is 2.63. The van der Waals surface area contributed by atoms with E-state index in [2.05, 4.69) is 10.6 Å². The maximum Gasteiger partial charge on any atom is 0.245 e. The zero-order chi connectivity index (χ0) is 22.7. The van der Waals surface area contributed by atoms with Crippen LogP contribution in [-0.2, 0) is 22.4 Å². The molecule has 0 aliphatic rings. The first-order valence-electron chi connectivity index (χ1n) is 10.1. The molecule has 0 saturated carbocycles. The number of nitrogens with one attached hydrogen (secondary N) is 2. The third-order valence-electron chi connectivity index (χ3n) is 4.34. The first kappa shape index (κ1) is 25.1. The summed E-state index contributed by atoms with van der Waals surface area (Å²) in [5.74, 6) is -0.947. The third-order valence-corrected chi connectivity index (χ3v) is 4.34. The summed E-state index contributed by atoms with van der Waals surface area (Å²) in [6.45, 7) is 7.60. The number of carbonyl (C=O) groups is 2. The second kappa shape index (κ2) is 11.9. The van der Waals surface area contributed by atoms with Gasteiger partial charge in [-0.15, -0.1) is 0 Å². The van der Waals surface area contributed by atoms with Crippen molar-refractivity contribution < 1.29 is 19.1 Å². The van der Waals surface area contributed by atoms with Gasteiger partial charge in [0.05, 0.1) is 6.04 Å². The summed E-state index contributed by atoms with van der Waals surface area (Å²) in [5.41, 5.74) is 6.50. The standard InChI is InChI=1S/C21H26FN3O3.C2H6/c1-21(2,20(28)24-12-11-14-5-9-17(26)10-6-14)25-19(27)18(23)13-15-3-7-16(22)8-4-15;1-2/h3-10,18,26H,11-13,23H2,1-2H3,(H,24,28)(H,25,27);1-2H3/t18-;/m0./s1. The molecule has 0 radical (unpaired) electrons. The van der Waals surface area contributed by atoms with Gasteiger partial charge in [0.1, 0.15) is 17.1 Å². The van der Waals surface area contributed by atoms with Crippen molar-refractivity contribution in [2.24, 2.45) is 5.73 Å². The summed E-state index contributed by atoms with van der Waals surface area (Å²) in [5, 5.41) is 14.7. The van der Waals surface area contributed by atoms with Crippen molar-refractivity contribution >= 4 is 11.8 Å². The maximum atomic E-state index is 13.0. The van der Waals surface area contributed by atoms with Gasteiger partial charge in [0, 0.05) is 6.54 Å². The predicted molar refractivity (Wildman–Crippen MR) is 116 cm³/mol. The summed E-state index contributed by atoms with van der Waals surface area (Å²) in [7, 11) is 0. The van der Waals surface area contributed by atoms with Crippen LogP contribution in [-0.4, -0.2) is 35.0 Å². The molecule has 0 unspecified atom stereocenters. The molecule has 2 rings (SSSR count). The minimum Gasteiger partial charge on any atom is -0.508 e. The van der Waals surface area contributed by atoms with Gasteiger partial charge in [0.2, 0.25) is 11.8 Å². The minimum atomic E-state index is -1.13. The molecule has 0 aromatic heterocycles. The number of carbonyl (C=O) groups excluding carboxylic acids is 2. The Labute approximate surface area is 177 Å². The second-order valence-corrected chi connectivity index (χ2v) is 7.22. The Balaban J connectivity index is 0.00000218. The number of amides is 2. The van der Waals surface area contributed by atoms with Crippen LogP contribution >= 0.6 is 0 Å². The topological polar surface area (TPSA) is 104 Å². The Bertz CT molecular complexity index is 805. The Kier molecular flexibility index (Phi) is 9.98. The van der Waals surface area contributed by atoms with Gasteiger partial charge in [0.15, 0.2) is 0 Å². The van der Waals surface area contributed by atoms with E-state index in [1.807, 2.05) is 13.8 Å². The van der Waals surface area contributed by atoms with Crippen LogP contribution in [0.1, 0.15) is 38.8 Å². The second-order valence-electron chi connectivity index (χ2n) is 7.22. The maximum absolute atomic E-state index is 13.0. The molecule has 2 amide bonds. The molecule has 0 aliphatic heterocycles. The smallest absolute Gasteiger partial charge is 0.245 e. The van der Waals surface area contributed by atoms with Gasteiger partial charge >= 0.3 is 0 Å². The predicted octanol–water partition coefficient (Wildman–Crippen LogP) is 2.68. The van der Waals surface area contributed by atoms with Crippen LogP contribution in [0.3, 0.4) is 0 Å². The van der Waals surface area contributed by atoms with Crippen LogP contribution in [0.15, 0.2) is 48.5 Å². The van der Waals surface area contributed by atoms with Crippen molar-refractivity contribution in [2.45, 2.75) is 52.1 Å². The van der Waals surface area contributed by atoms with Gasteiger partial charge in [-0.1, -0.05) is 38.1 Å². The fourth-order valence-corrected chi connectivity index (χ4v) is 2.63. The van der Waals surface area contributed by atoms with Gasteiger partial charge in [-0.2, -0.15) is 0 Å². The summed E-state index contributed by atoms with van der Waals surface area (Å²) in [4.78, 5) is 24.8. The molecule has 30 heavy (non-hydrogen) atoms. The van der Waals surface area contributed by atoms with Gasteiger partial charge in [-0.25, -0.2) is 4.39 Å². The number of rotatable bonds is 8. The average Bonchev–Trinajstić information content (AvgIpc) is 2.72. The van der Waals surface area contributed by atoms with Crippen molar-refractivity contribution in [3.63, 3.8) is 0 Å². The van der Waals surface area contributed by atoms with E-state index in [0.717, 1.165) is 11.1 Å². The van der Waals surface area contributed by atoms with Crippen LogP contribution in [0.5, 0.6) is 5.75 Å². The zero-order valence-electron chi connectivity index (χ0n) is 18.0. The molecule has 1 atom stereocenters. The molecular formula is C23H32FN3O3. The molecule has 0 bridgehead atoms. The number of phenols is 1. The quantitative estimate of drug-likeness (QED) is 0.530. The van der Waals surface area contributed by atoms with Crippen molar-refractivity contribution in [2.75, 3.05) is 6.54 Å². The number of halogens is 1. The highest BCUT2D eigenvalue weighted by molar-refractivity contribution is 5.92. The van der Waals surface area contributed by atoms with Gasteiger partial charge < -0.3 is 21.5 Å². The summed E-state index contributed by atoms with van der Waals surface area (Å²) < 4.78 is 13.0. The van der Waals surface area contributed by atoms with Crippen LogP contribution in [0.25, 0.3) is 0 Å². The van der Waals surface area contributed by atoms with E-state index in [1.165, 1.54) is 12.1 Å². The minimum absolute atomic E-state index is 0.189. The molecule has 7 heteroatoms. The first-order chi connectivity index (χ1) is 14.2. The SMILES string of the molecule is CC.CC(C)(NC(=O)[C@@H](N)Cc1ccc(F)cc1)C(=O)NCCc1ccc(O)cc1. The van der Waals surface area contributed by atoms with E-state index in [9.17, 15) is 19.1 Å². The lowest BCUT2D eigenvalue weighted by Gasteiger charge is -2.27.